The summed E-state index contributed by atoms with van der Waals surface area (Å²) >= 11 is 0. The minimum absolute atomic E-state index is 0. The van der Waals surface area contributed by atoms with Crippen LogP contribution in [0, 0.1) is 29.6 Å². The SMILES string of the molecule is CC(C)(C)c1cc(Oc2[c-]c3c(cc2)c2ccccc2n3-c2cc(C3(c4ccccc4)C(C)(C)CCCC3(C)C)ccn2)[c-]c(N2[CH-]N(c3c(C(C)(C)C)cccc3C(C)(C)C)c3ccccc32)c1.[Pt]. The Bertz CT molecular complexity index is 3180. The molecule has 1 aliphatic carbocycles. The molecule has 0 spiro atoms. The van der Waals surface area contributed by atoms with E-state index in [9.17, 15) is 0 Å². The first-order chi connectivity index (χ1) is 32.6. The Morgan fingerprint density at radius 1 is 0.571 bits per heavy atom. The number of aromatic nitrogens is 2. The van der Waals surface area contributed by atoms with Crippen LogP contribution in [0.5, 0.6) is 11.5 Å². The molecule has 2 aromatic heterocycles. The molecule has 0 atom stereocenters. The molecular formula is C64H69N4OPt-3. The molecule has 5 nitrogen and oxygen atoms in total. The van der Waals surface area contributed by atoms with E-state index in [0.29, 0.717) is 11.5 Å². The molecule has 364 valence electrons. The molecule has 10 rings (SSSR count). The second-order valence-electron chi connectivity index (χ2n) is 24.1. The fourth-order valence-electron chi connectivity index (χ4n) is 12.4. The summed E-state index contributed by atoms with van der Waals surface area (Å²) in [5, 5.41) is 2.25. The van der Waals surface area contributed by atoms with E-state index < -0.39 is 0 Å². The first kappa shape index (κ1) is 49.3. The van der Waals surface area contributed by atoms with Crippen molar-refractivity contribution in [2.45, 2.75) is 131 Å². The summed E-state index contributed by atoms with van der Waals surface area (Å²) in [7, 11) is 0. The van der Waals surface area contributed by atoms with Gasteiger partial charge in [-0.1, -0.05) is 181 Å². The Balaban J connectivity index is 0.00000608. The Hall–Kier alpha value is -5.64. The van der Waals surface area contributed by atoms with E-state index in [4.69, 9.17) is 9.72 Å². The van der Waals surface area contributed by atoms with Crippen molar-refractivity contribution in [3.05, 3.63) is 186 Å². The van der Waals surface area contributed by atoms with Crippen LogP contribution in [0.1, 0.15) is 137 Å². The molecule has 6 heteroatoms. The third-order valence-corrected chi connectivity index (χ3v) is 15.5. The van der Waals surface area contributed by atoms with Crippen molar-refractivity contribution in [1.29, 1.82) is 0 Å². The average molecular weight is 1110 g/mol. The largest absolute Gasteiger partial charge is 0.509 e. The van der Waals surface area contributed by atoms with Crippen molar-refractivity contribution in [2.24, 2.45) is 10.8 Å². The van der Waals surface area contributed by atoms with Gasteiger partial charge in [0.05, 0.1) is 0 Å². The van der Waals surface area contributed by atoms with Gasteiger partial charge in [0.25, 0.3) is 0 Å². The van der Waals surface area contributed by atoms with E-state index in [1.807, 2.05) is 12.3 Å². The van der Waals surface area contributed by atoms with Crippen LogP contribution in [0.25, 0.3) is 27.6 Å². The molecule has 0 unspecified atom stereocenters. The maximum Gasteiger partial charge on any atom is 0.135 e. The molecule has 8 aromatic rings. The van der Waals surface area contributed by atoms with Gasteiger partial charge in [0.1, 0.15) is 5.82 Å². The number of benzene rings is 6. The molecule has 0 N–H and O–H groups in total. The molecule has 6 aromatic carbocycles. The van der Waals surface area contributed by atoms with Crippen LogP contribution in [0.4, 0.5) is 22.7 Å². The predicted molar refractivity (Wildman–Crippen MR) is 289 cm³/mol. The van der Waals surface area contributed by atoms with Crippen LogP contribution in [0.15, 0.2) is 140 Å². The molecule has 1 aliphatic heterocycles. The second-order valence-corrected chi connectivity index (χ2v) is 24.1. The van der Waals surface area contributed by atoms with Crippen molar-refractivity contribution >= 4 is 44.6 Å². The minimum Gasteiger partial charge on any atom is -0.509 e. The van der Waals surface area contributed by atoms with Crippen LogP contribution in [0.3, 0.4) is 0 Å². The summed E-state index contributed by atoms with van der Waals surface area (Å²) in [5.41, 5.74) is 12.2. The monoisotopic (exact) mass is 1100 g/mol. The summed E-state index contributed by atoms with van der Waals surface area (Å²) in [5.74, 6) is 2.13. The van der Waals surface area contributed by atoms with Gasteiger partial charge in [-0.25, -0.2) is 4.98 Å². The molecule has 1 saturated carbocycles. The molecule has 3 heterocycles. The quantitative estimate of drug-likeness (QED) is 0.149. The van der Waals surface area contributed by atoms with Gasteiger partial charge in [-0.15, -0.1) is 53.6 Å². The number of hydrogen-bond acceptors (Lipinski definition) is 4. The Labute approximate surface area is 432 Å². The molecular weight excluding hydrogens is 1040 g/mol. The van der Waals surface area contributed by atoms with Gasteiger partial charge in [-0.2, -0.15) is 6.07 Å². The summed E-state index contributed by atoms with van der Waals surface area (Å²) in [4.78, 5) is 9.85. The number of rotatable bonds is 7. The number of hydrogen-bond donors (Lipinski definition) is 0. The van der Waals surface area contributed by atoms with E-state index in [1.54, 1.807) is 0 Å². The first-order valence-corrected chi connectivity index (χ1v) is 25.0. The van der Waals surface area contributed by atoms with Gasteiger partial charge in [-0.3, -0.25) is 0 Å². The van der Waals surface area contributed by atoms with Crippen LogP contribution >= 0.6 is 0 Å². The zero-order chi connectivity index (χ0) is 48.9. The van der Waals surface area contributed by atoms with Crippen molar-refractivity contribution in [3.8, 4) is 17.3 Å². The van der Waals surface area contributed by atoms with Crippen molar-refractivity contribution in [2.75, 3.05) is 9.80 Å². The first-order valence-electron chi connectivity index (χ1n) is 25.0. The fraction of sp³-hybridized carbons (Fsp3) is 0.344. The molecule has 0 radical (unpaired) electrons. The third kappa shape index (κ3) is 8.19. The van der Waals surface area contributed by atoms with E-state index in [1.165, 1.54) is 34.4 Å². The van der Waals surface area contributed by atoms with Crippen molar-refractivity contribution < 1.29 is 25.8 Å². The maximum absolute atomic E-state index is 6.98. The number of nitrogens with zero attached hydrogens (tertiary/aromatic N) is 4. The van der Waals surface area contributed by atoms with Crippen LogP contribution in [0.2, 0.25) is 0 Å². The summed E-state index contributed by atoms with van der Waals surface area (Å²) < 4.78 is 9.27. The molecule has 0 bridgehead atoms. The van der Waals surface area contributed by atoms with Gasteiger partial charge in [0.15, 0.2) is 0 Å². The minimum atomic E-state index is -0.255. The summed E-state index contributed by atoms with van der Waals surface area (Å²) in [6.45, 7) is 32.8. The molecule has 70 heavy (non-hydrogen) atoms. The van der Waals surface area contributed by atoms with Crippen LogP contribution in [-0.4, -0.2) is 9.55 Å². The summed E-state index contributed by atoms with van der Waals surface area (Å²) in [6, 6.07) is 56.2. The number of para-hydroxylation sites is 4. The number of pyridine rings is 1. The molecule has 2 aliphatic rings. The zero-order valence-corrected chi connectivity index (χ0v) is 45.8. The van der Waals surface area contributed by atoms with Gasteiger partial charge in [0.2, 0.25) is 0 Å². The topological polar surface area (TPSA) is 33.5 Å². The van der Waals surface area contributed by atoms with E-state index in [-0.39, 0.29) is 53.6 Å². The maximum atomic E-state index is 6.98. The van der Waals surface area contributed by atoms with Gasteiger partial charge < -0.3 is 19.1 Å². The smallest absolute Gasteiger partial charge is 0.135 e. The van der Waals surface area contributed by atoms with E-state index >= 15 is 0 Å². The Kier molecular flexibility index (Phi) is 12.4. The normalized spacial score (nSPS) is 16.6. The summed E-state index contributed by atoms with van der Waals surface area (Å²) in [6.07, 6.45) is 5.52. The van der Waals surface area contributed by atoms with Gasteiger partial charge in [-0.05, 0) is 97.9 Å². The van der Waals surface area contributed by atoms with Crippen molar-refractivity contribution in [1.82, 2.24) is 9.55 Å². The number of ether oxygens (including phenoxy) is 1. The van der Waals surface area contributed by atoms with Gasteiger partial charge >= 0.3 is 0 Å². The van der Waals surface area contributed by atoms with Crippen molar-refractivity contribution in [3.63, 3.8) is 0 Å². The Morgan fingerprint density at radius 3 is 1.83 bits per heavy atom. The number of fused-ring (bicyclic) bond motifs is 4. The van der Waals surface area contributed by atoms with Crippen LogP contribution in [-0.2, 0) is 42.7 Å². The molecule has 0 saturated heterocycles. The van der Waals surface area contributed by atoms with Crippen LogP contribution < -0.4 is 14.5 Å². The zero-order valence-electron chi connectivity index (χ0n) is 43.5. The third-order valence-electron chi connectivity index (χ3n) is 15.5. The van der Waals surface area contributed by atoms with E-state index in [2.05, 4.69) is 251 Å². The Morgan fingerprint density at radius 2 is 1.19 bits per heavy atom. The molecule has 0 amide bonds. The molecule has 1 fully saturated rings. The standard InChI is InChI=1S/C64H69N4O.Pt/c1-59(2,3)45-37-46(66-42-67(55-30-20-19-29-54(55)66)58-51(60(4,5)6)26-21-27-52(58)61(7,8)9)40-48(38-45)69-47-31-32-50-49-25-17-18-28-53(49)68(56(50)41-47)57-39-44(33-36-65-57)64(43-23-15-14-16-24-43)62(10,11)34-22-35-63(64,12)13;/h14-21,23-33,36-39,42H,22,34-35H2,1-13H3;/q-3;. The van der Waals surface area contributed by atoms with E-state index in [0.717, 1.165) is 63.1 Å². The van der Waals surface area contributed by atoms with Gasteiger partial charge in [0, 0.05) is 66.8 Å². The second kappa shape index (κ2) is 17.6. The average Bonchev–Trinajstić information content (AvgIpc) is 3.84. The fourth-order valence-corrected chi connectivity index (χ4v) is 12.4. The number of anilines is 4. The predicted octanol–water partition coefficient (Wildman–Crippen LogP) is 17.4.